The summed E-state index contributed by atoms with van der Waals surface area (Å²) in [5.41, 5.74) is -0.536. The third-order valence-electron chi connectivity index (χ3n) is 5.43. The van der Waals surface area contributed by atoms with Crippen LogP contribution < -0.4 is 4.89 Å². The van der Waals surface area contributed by atoms with Crippen molar-refractivity contribution in [3.05, 3.63) is 0 Å². The van der Waals surface area contributed by atoms with E-state index in [-0.39, 0.29) is 25.8 Å². The van der Waals surface area contributed by atoms with Crippen LogP contribution in [-0.4, -0.2) is 50.8 Å². The molecule has 174 valence electrons. The highest BCUT2D eigenvalue weighted by molar-refractivity contribution is 7.45. The van der Waals surface area contributed by atoms with Gasteiger partial charge in [0.15, 0.2) is 0 Å². The summed E-state index contributed by atoms with van der Waals surface area (Å²) in [6, 6.07) is 0. The van der Waals surface area contributed by atoms with Gasteiger partial charge in [-0.25, -0.2) is 0 Å². The zero-order valence-corrected chi connectivity index (χ0v) is 20.1. The maximum Gasteiger partial charge on any atom is 0.311 e. The lowest BCUT2D eigenvalue weighted by molar-refractivity contribution is -0.226. The number of phosphoric acid groups is 1. The van der Waals surface area contributed by atoms with Crippen LogP contribution in [0.3, 0.4) is 0 Å². The molecule has 29 heavy (non-hydrogen) atoms. The molecule has 0 radical (unpaired) electrons. The Morgan fingerprint density at radius 2 is 1.55 bits per heavy atom. The van der Waals surface area contributed by atoms with E-state index in [0.717, 1.165) is 25.8 Å². The largest absolute Gasteiger partial charge is 0.756 e. The molecule has 0 aromatic rings. The molecule has 7 nitrogen and oxygen atoms in total. The normalized spacial score (nSPS) is 15.8. The maximum atomic E-state index is 12.4. The summed E-state index contributed by atoms with van der Waals surface area (Å²) in [6.07, 6.45) is 9.87. The van der Waals surface area contributed by atoms with Crippen LogP contribution in [0.4, 0.5) is 0 Å². The molecule has 0 aliphatic heterocycles. The molecule has 0 spiro atoms. The Balaban J connectivity index is 4.07. The number of likely N-dealkylation sites (N-methyl/N-ethyl adjacent to an activating group) is 1. The lowest BCUT2D eigenvalue weighted by atomic mass is 9.82. The Hall–Kier alpha value is -0.460. The fraction of sp³-hybridized carbons (Fsp3) is 0.952. The average molecular weight is 437 g/mol. The first-order chi connectivity index (χ1) is 13.7. The van der Waals surface area contributed by atoms with Gasteiger partial charge in [0.2, 0.25) is 0 Å². The van der Waals surface area contributed by atoms with Crippen LogP contribution in [0.15, 0.2) is 0 Å². The monoisotopic (exact) mass is 436 g/mol. The number of hydrogen-bond acceptors (Lipinski definition) is 7. The van der Waals surface area contributed by atoms with E-state index in [4.69, 9.17) is 13.8 Å². The predicted molar refractivity (Wildman–Crippen MR) is 115 cm³/mol. The lowest BCUT2D eigenvalue weighted by Gasteiger charge is -2.27. The minimum atomic E-state index is -4.37. The molecule has 0 aliphatic carbocycles. The van der Waals surface area contributed by atoms with Crippen molar-refractivity contribution in [3.63, 3.8) is 0 Å². The van der Waals surface area contributed by atoms with Crippen LogP contribution in [-0.2, 0) is 23.1 Å². The SMILES string of the molecule is CCCCCCCCCC(C)(CC)C(=O)OCCOP(=O)([O-])OCCN(C)CC. The number of hydrogen-bond donors (Lipinski definition) is 0. The van der Waals surface area contributed by atoms with E-state index < -0.39 is 13.2 Å². The average Bonchev–Trinajstić information content (AvgIpc) is 2.69. The first kappa shape index (κ1) is 28.5. The van der Waals surface area contributed by atoms with Gasteiger partial charge in [0.05, 0.1) is 18.6 Å². The van der Waals surface area contributed by atoms with E-state index in [1.165, 1.54) is 32.1 Å². The molecule has 2 unspecified atom stereocenters. The number of nitrogens with zero attached hydrogens (tertiary/aromatic N) is 1. The second kappa shape index (κ2) is 16.3. The van der Waals surface area contributed by atoms with Crippen LogP contribution in [0.1, 0.15) is 85.5 Å². The fourth-order valence-corrected chi connectivity index (χ4v) is 3.53. The molecule has 0 heterocycles. The summed E-state index contributed by atoms with van der Waals surface area (Å²) in [5.74, 6) is -0.291. The van der Waals surface area contributed by atoms with Crippen molar-refractivity contribution in [2.75, 3.05) is 40.0 Å². The van der Waals surface area contributed by atoms with Crippen LogP contribution >= 0.6 is 7.82 Å². The third-order valence-corrected chi connectivity index (χ3v) is 6.43. The van der Waals surface area contributed by atoms with Crippen molar-refractivity contribution in [1.29, 1.82) is 0 Å². The fourth-order valence-electron chi connectivity index (χ4n) is 2.86. The van der Waals surface area contributed by atoms with Gasteiger partial charge in [0, 0.05) is 6.54 Å². The molecule has 0 saturated carbocycles. The Morgan fingerprint density at radius 1 is 0.966 bits per heavy atom. The van der Waals surface area contributed by atoms with Crippen molar-refractivity contribution in [3.8, 4) is 0 Å². The first-order valence-corrected chi connectivity index (χ1v) is 12.6. The van der Waals surface area contributed by atoms with Gasteiger partial charge in [-0.2, -0.15) is 0 Å². The second-order valence-electron chi connectivity index (χ2n) is 7.93. The van der Waals surface area contributed by atoms with Crippen LogP contribution in [0, 0.1) is 5.41 Å². The van der Waals surface area contributed by atoms with E-state index >= 15 is 0 Å². The zero-order chi connectivity index (χ0) is 22.2. The molecule has 2 atom stereocenters. The van der Waals surface area contributed by atoms with Gasteiger partial charge >= 0.3 is 5.97 Å². The molecule has 0 aliphatic rings. The molecule has 0 saturated heterocycles. The number of unbranched alkanes of at least 4 members (excludes halogenated alkanes) is 6. The molecule has 0 amide bonds. The summed E-state index contributed by atoms with van der Waals surface area (Å²) in [5, 5.41) is 0. The van der Waals surface area contributed by atoms with Crippen molar-refractivity contribution >= 4 is 13.8 Å². The smallest absolute Gasteiger partial charge is 0.311 e. The summed E-state index contributed by atoms with van der Waals surface area (Å²) in [6.45, 7) is 9.08. The van der Waals surface area contributed by atoms with Gasteiger partial charge in [0.1, 0.15) is 6.61 Å². The van der Waals surface area contributed by atoms with E-state index in [1.54, 1.807) is 0 Å². The topological polar surface area (TPSA) is 88.1 Å². The van der Waals surface area contributed by atoms with Crippen LogP contribution in [0.2, 0.25) is 0 Å². The van der Waals surface area contributed by atoms with Gasteiger partial charge in [-0.05, 0) is 33.4 Å². The molecular formula is C21H43NO6P-. The van der Waals surface area contributed by atoms with Crippen molar-refractivity contribution in [2.45, 2.75) is 85.5 Å². The van der Waals surface area contributed by atoms with Crippen LogP contribution in [0.5, 0.6) is 0 Å². The first-order valence-electron chi connectivity index (χ1n) is 11.2. The Bertz CT molecular complexity index is 476. The molecule has 0 aromatic carbocycles. The quantitative estimate of drug-likeness (QED) is 0.167. The second-order valence-corrected chi connectivity index (χ2v) is 9.34. The molecule has 0 bridgehead atoms. The van der Waals surface area contributed by atoms with Gasteiger partial charge < -0.3 is 23.6 Å². The Morgan fingerprint density at radius 3 is 2.14 bits per heavy atom. The van der Waals surface area contributed by atoms with E-state index in [9.17, 15) is 14.3 Å². The van der Waals surface area contributed by atoms with Crippen molar-refractivity contribution in [1.82, 2.24) is 4.90 Å². The van der Waals surface area contributed by atoms with Gasteiger partial charge in [-0.1, -0.05) is 65.7 Å². The summed E-state index contributed by atoms with van der Waals surface area (Å²) < 4.78 is 26.5. The van der Waals surface area contributed by atoms with Crippen molar-refractivity contribution < 1.29 is 28.0 Å². The van der Waals surface area contributed by atoms with Gasteiger partial charge in [0.25, 0.3) is 7.82 Å². The Kier molecular flexibility index (Phi) is 16.0. The minimum Gasteiger partial charge on any atom is -0.756 e. The molecule has 0 aromatic heterocycles. The number of rotatable bonds is 19. The number of carbonyl (C=O) groups excluding carboxylic acids is 1. The standard InChI is InChI=1S/C21H44NO6P/c1-6-9-10-11-12-13-14-15-21(4,7-2)20(23)26-18-19-28-29(24,25)27-17-16-22(5)8-3/h6-19H2,1-5H3,(H,24,25)/p-1. The summed E-state index contributed by atoms with van der Waals surface area (Å²) >= 11 is 0. The third kappa shape index (κ3) is 14.2. The molecule has 0 rings (SSSR count). The summed E-state index contributed by atoms with van der Waals surface area (Å²) in [7, 11) is -2.50. The molecular weight excluding hydrogens is 393 g/mol. The predicted octanol–water partition coefficient (Wildman–Crippen LogP) is 4.54. The number of esters is 1. The molecule has 0 N–H and O–H groups in total. The zero-order valence-electron chi connectivity index (χ0n) is 19.2. The molecule has 0 fully saturated rings. The number of carbonyl (C=O) groups is 1. The highest BCUT2D eigenvalue weighted by Gasteiger charge is 2.32. The Labute approximate surface area is 178 Å². The van der Waals surface area contributed by atoms with Gasteiger partial charge in [-0.3, -0.25) is 9.36 Å². The van der Waals surface area contributed by atoms with Crippen molar-refractivity contribution in [2.24, 2.45) is 5.41 Å². The molecule has 8 heteroatoms. The van der Waals surface area contributed by atoms with E-state index in [1.807, 2.05) is 32.7 Å². The number of phosphoric ester groups is 1. The van der Waals surface area contributed by atoms with E-state index in [2.05, 4.69) is 6.92 Å². The van der Waals surface area contributed by atoms with E-state index in [0.29, 0.717) is 13.0 Å². The lowest BCUT2D eigenvalue weighted by Crippen LogP contribution is -2.30. The highest BCUT2D eigenvalue weighted by Crippen LogP contribution is 2.38. The van der Waals surface area contributed by atoms with Crippen LogP contribution in [0.25, 0.3) is 0 Å². The maximum absolute atomic E-state index is 12.4. The number of ether oxygens (including phenoxy) is 1. The minimum absolute atomic E-state index is 0.0389. The highest BCUT2D eigenvalue weighted by atomic mass is 31.2. The van der Waals surface area contributed by atoms with Gasteiger partial charge in [-0.15, -0.1) is 0 Å². The summed E-state index contributed by atoms with van der Waals surface area (Å²) in [4.78, 5) is 26.1.